The first-order chi connectivity index (χ1) is 8.59. The third-order valence-electron chi connectivity index (χ3n) is 3.36. The molecule has 0 radical (unpaired) electrons. The van der Waals surface area contributed by atoms with E-state index in [9.17, 15) is 9.59 Å². The predicted molar refractivity (Wildman–Crippen MR) is 72.1 cm³/mol. The molecule has 1 saturated heterocycles. The zero-order valence-electron chi connectivity index (χ0n) is 10.9. The van der Waals surface area contributed by atoms with Crippen LogP contribution in [0.2, 0.25) is 0 Å². The first-order valence-corrected chi connectivity index (χ1v) is 7.06. The van der Waals surface area contributed by atoms with Crippen LogP contribution in [-0.4, -0.2) is 41.6 Å². The van der Waals surface area contributed by atoms with E-state index in [-0.39, 0.29) is 17.3 Å². The average Bonchev–Trinajstić information content (AvgIpc) is 2.58. The van der Waals surface area contributed by atoms with E-state index in [0.717, 1.165) is 43.2 Å². The molecule has 6 heteroatoms. The second kappa shape index (κ2) is 5.67. The molecule has 1 N–H and O–H groups in total. The summed E-state index contributed by atoms with van der Waals surface area (Å²) in [6.07, 6.45) is 0.974. The zero-order chi connectivity index (χ0) is 13.1. The highest BCUT2D eigenvalue weighted by atomic mass is 32.1. The van der Waals surface area contributed by atoms with Gasteiger partial charge in [-0.25, -0.2) is 0 Å². The largest absolute Gasteiger partial charge is 0.340 e. The Hall–Kier alpha value is -1.14. The molecule has 1 amide bonds. The number of carbonyl (C=O) groups is 1. The highest BCUT2D eigenvalue weighted by Crippen LogP contribution is 2.10. The molecule has 0 aliphatic carbocycles. The molecular formula is C12H19N3O2S. The van der Waals surface area contributed by atoms with Crippen molar-refractivity contribution < 1.29 is 4.79 Å². The smallest absolute Gasteiger partial charge is 0.308 e. The summed E-state index contributed by atoms with van der Waals surface area (Å²) in [5.41, 5.74) is 0.909. The second-order valence-electron chi connectivity index (χ2n) is 4.58. The van der Waals surface area contributed by atoms with Crippen molar-refractivity contribution in [3.8, 4) is 0 Å². The minimum absolute atomic E-state index is 0.0358. The van der Waals surface area contributed by atoms with E-state index >= 15 is 0 Å². The van der Waals surface area contributed by atoms with Gasteiger partial charge in [-0.1, -0.05) is 11.3 Å². The molecule has 1 aromatic heterocycles. The van der Waals surface area contributed by atoms with Gasteiger partial charge in [0.1, 0.15) is 6.54 Å². The molecule has 18 heavy (non-hydrogen) atoms. The van der Waals surface area contributed by atoms with Crippen LogP contribution >= 0.6 is 11.3 Å². The maximum Gasteiger partial charge on any atom is 0.308 e. The standard InChI is InChI=1S/C12H19N3O2S/c1-9-10(2)18-12(17)15(9)8-11(16)14-6-3-4-13-5-7-14/h13H,3-8H2,1-2H3. The van der Waals surface area contributed by atoms with Crippen LogP contribution < -0.4 is 10.2 Å². The molecule has 1 fully saturated rings. The Morgan fingerprint density at radius 3 is 2.78 bits per heavy atom. The van der Waals surface area contributed by atoms with Crippen LogP contribution in [0.25, 0.3) is 0 Å². The van der Waals surface area contributed by atoms with Crippen LogP contribution in [0.3, 0.4) is 0 Å². The van der Waals surface area contributed by atoms with Gasteiger partial charge in [0.15, 0.2) is 0 Å². The third kappa shape index (κ3) is 2.81. The normalized spacial score (nSPS) is 16.7. The first-order valence-electron chi connectivity index (χ1n) is 6.25. The second-order valence-corrected chi connectivity index (χ2v) is 5.75. The fourth-order valence-electron chi connectivity index (χ4n) is 2.10. The van der Waals surface area contributed by atoms with E-state index in [1.165, 1.54) is 11.3 Å². The van der Waals surface area contributed by atoms with Gasteiger partial charge in [0.25, 0.3) is 0 Å². The Balaban J connectivity index is 2.08. The van der Waals surface area contributed by atoms with E-state index < -0.39 is 0 Å². The van der Waals surface area contributed by atoms with Gasteiger partial charge in [-0.2, -0.15) is 0 Å². The van der Waals surface area contributed by atoms with Crippen molar-refractivity contribution >= 4 is 17.2 Å². The molecule has 0 saturated carbocycles. The van der Waals surface area contributed by atoms with E-state index in [4.69, 9.17) is 0 Å². The Bertz CT molecular complexity index is 484. The summed E-state index contributed by atoms with van der Waals surface area (Å²) in [6.45, 7) is 7.29. The molecule has 2 heterocycles. The van der Waals surface area contributed by atoms with E-state index in [1.807, 2.05) is 18.7 Å². The molecule has 1 aliphatic rings. The molecule has 0 aromatic carbocycles. The Morgan fingerprint density at radius 2 is 2.11 bits per heavy atom. The fraction of sp³-hybridized carbons (Fsp3) is 0.667. The first kappa shape index (κ1) is 13.3. The fourth-order valence-corrected chi connectivity index (χ4v) is 2.93. The summed E-state index contributed by atoms with van der Waals surface area (Å²) in [5, 5.41) is 3.26. The number of thiazole rings is 1. The number of hydrogen-bond acceptors (Lipinski definition) is 4. The van der Waals surface area contributed by atoms with Crippen molar-refractivity contribution in [1.29, 1.82) is 0 Å². The summed E-state index contributed by atoms with van der Waals surface area (Å²) in [7, 11) is 0. The number of aryl methyl sites for hydroxylation is 1. The van der Waals surface area contributed by atoms with Crippen LogP contribution in [0.5, 0.6) is 0 Å². The van der Waals surface area contributed by atoms with Crippen LogP contribution in [0.4, 0.5) is 0 Å². The summed E-state index contributed by atoms with van der Waals surface area (Å²) < 4.78 is 1.58. The molecule has 1 aromatic rings. The van der Waals surface area contributed by atoms with Crippen LogP contribution in [0.1, 0.15) is 17.0 Å². The Labute approximate surface area is 110 Å². The number of nitrogens with one attached hydrogen (secondary N) is 1. The SMILES string of the molecule is Cc1sc(=O)n(CC(=O)N2CCCNCC2)c1C. The number of carbonyl (C=O) groups excluding carboxylic acids is 1. The number of hydrogen-bond donors (Lipinski definition) is 1. The van der Waals surface area contributed by atoms with Crippen molar-refractivity contribution in [1.82, 2.24) is 14.8 Å². The van der Waals surface area contributed by atoms with E-state index in [0.29, 0.717) is 0 Å². The van der Waals surface area contributed by atoms with E-state index in [2.05, 4.69) is 5.32 Å². The van der Waals surface area contributed by atoms with Gasteiger partial charge in [-0.15, -0.1) is 0 Å². The summed E-state index contributed by atoms with van der Waals surface area (Å²) in [6, 6.07) is 0. The maximum absolute atomic E-state index is 12.2. The average molecular weight is 269 g/mol. The lowest BCUT2D eigenvalue weighted by Gasteiger charge is -2.20. The van der Waals surface area contributed by atoms with Gasteiger partial charge in [0, 0.05) is 30.2 Å². The number of rotatable bonds is 2. The monoisotopic (exact) mass is 269 g/mol. The van der Waals surface area contributed by atoms with E-state index in [1.54, 1.807) is 4.57 Å². The predicted octanol–water partition coefficient (Wildman–Crippen LogP) is 0.349. The molecule has 0 unspecified atom stereocenters. The molecule has 2 rings (SSSR count). The maximum atomic E-state index is 12.2. The molecular weight excluding hydrogens is 250 g/mol. The van der Waals surface area contributed by atoms with Gasteiger partial charge in [-0.3, -0.25) is 14.2 Å². The Morgan fingerprint density at radius 1 is 1.33 bits per heavy atom. The van der Waals surface area contributed by atoms with Gasteiger partial charge in [0.2, 0.25) is 5.91 Å². The zero-order valence-corrected chi connectivity index (χ0v) is 11.7. The summed E-state index contributed by atoms with van der Waals surface area (Å²) in [5.74, 6) is 0.0432. The Kier molecular flexibility index (Phi) is 4.19. The van der Waals surface area contributed by atoms with Crippen molar-refractivity contribution in [2.45, 2.75) is 26.8 Å². The highest BCUT2D eigenvalue weighted by Gasteiger charge is 2.18. The lowest BCUT2D eigenvalue weighted by Crippen LogP contribution is -2.38. The molecule has 1 aliphatic heterocycles. The minimum Gasteiger partial charge on any atom is -0.340 e. The molecule has 0 atom stereocenters. The molecule has 5 nitrogen and oxygen atoms in total. The van der Waals surface area contributed by atoms with Gasteiger partial charge < -0.3 is 10.2 Å². The van der Waals surface area contributed by atoms with Crippen molar-refractivity contribution in [3.63, 3.8) is 0 Å². The third-order valence-corrected chi connectivity index (χ3v) is 4.36. The topological polar surface area (TPSA) is 54.3 Å². The van der Waals surface area contributed by atoms with Gasteiger partial charge >= 0.3 is 4.87 Å². The van der Waals surface area contributed by atoms with Crippen molar-refractivity contribution in [3.05, 3.63) is 20.2 Å². The number of aromatic nitrogens is 1. The van der Waals surface area contributed by atoms with Gasteiger partial charge in [-0.05, 0) is 26.8 Å². The lowest BCUT2D eigenvalue weighted by molar-refractivity contribution is -0.131. The van der Waals surface area contributed by atoms with Crippen molar-refractivity contribution in [2.24, 2.45) is 0 Å². The van der Waals surface area contributed by atoms with Crippen LogP contribution in [0, 0.1) is 13.8 Å². The molecule has 0 bridgehead atoms. The highest BCUT2D eigenvalue weighted by molar-refractivity contribution is 7.09. The lowest BCUT2D eigenvalue weighted by atomic mass is 10.3. The molecule has 0 spiro atoms. The van der Waals surface area contributed by atoms with Gasteiger partial charge in [0.05, 0.1) is 0 Å². The quantitative estimate of drug-likeness (QED) is 0.843. The number of amides is 1. The number of nitrogens with zero attached hydrogens (tertiary/aromatic N) is 2. The van der Waals surface area contributed by atoms with Crippen LogP contribution in [0.15, 0.2) is 4.79 Å². The summed E-state index contributed by atoms with van der Waals surface area (Å²) in [4.78, 5) is 26.7. The minimum atomic E-state index is -0.0358. The summed E-state index contributed by atoms with van der Waals surface area (Å²) >= 11 is 1.21. The van der Waals surface area contributed by atoms with Crippen LogP contribution in [-0.2, 0) is 11.3 Å². The molecule has 100 valence electrons. The van der Waals surface area contributed by atoms with Crippen molar-refractivity contribution in [2.75, 3.05) is 26.2 Å².